The van der Waals surface area contributed by atoms with Gasteiger partial charge in [-0.2, -0.15) is 0 Å². The zero-order chi connectivity index (χ0) is 12.8. The summed E-state index contributed by atoms with van der Waals surface area (Å²) in [5, 5.41) is 12.4. The Labute approximate surface area is 106 Å². The van der Waals surface area contributed by atoms with Crippen LogP contribution >= 0.6 is 0 Å². The van der Waals surface area contributed by atoms with Crippen LogP contribution in [0, 0.1) is 0 Å². The third-order valence-corrected chi connectivity index (χ3v) is 2.62. The predicted molar refractivity (Wildman–Crippen MR) is 69.7 cm³/mol. The second-order valence-electron chi connectivity index (χ2n) is 4.04. The van der Waals surface area contributed by atoms with Gasteiger partial charge in [0, 0.05) is 5.56 Å². The fourth-order valence-electron chi connectivity index (χ4n) is 1.70. The van der Waals surface area contributed by atoms with Crippen LogP contribution in [0.4, 0.5) is 0 Å². The Morgan fingerprint density at radius 1 is 1.00 bits per heavy atom. The molecule has 0 aliphatic heterocycles. The summed E-state index contributed by atoms with van der Waals surface area (Å²) in [7, 11) is 0. The molecule has 0 saturated carbocycles. The molecule has 2 aromatic carbocycles. The number of aliphatic hydroxyl groups excluding tert-OH is 1. The fourth-order valence-corrected chi connectivity index (χ4v) is 1.70. The molecule has 3 heteroatoms. The van der Waals surface area contributed by atoms with Gasteiger partial charge in [0.2, 0.25) is 5.91 Å². The van der Waals surface area contributed by atoms with E-state index in [-0.39, 0.29) is 12.3 Å². The lowest BCUT2D eigenvalue weighted by atomic mass is 10.1. The Kier molecular flexibility index (Phi) is 4.10. The van der Waals surface area contributed by atoms with Gasteiger partial charge in [-0.15, -0.1) is 0 Å². The molecule has 1 atom stereocenters. The summed E-state index contributed by atoms with van der Waals surface area (Å²) in [5.74, 6) is -0.197. The molecule has 3 nitrogen and oxygen atoms in total. The number of amides is 1. The van der Waals surface area contributed by atoms with Crippen molar-refractivity contribution in [2.75, 3.05) is 0 Å². The Morgan fingerprint density at radius 3 is 2.17 bits per heavy atom. The average Bonchev–Trinajstić information content (AvgIpc) is 2.40. The predicted octanol–water partition coefficient (Wildman–Crippen LogP) is 2.04. The van der Waals surface area contributed by atoms with E-state index in [0.29, 0.717) is 5.56 Å². The second kappa shape index (κ2) is 5.98. The molecule has 0 saturated heterocycles. The molecule has 2 aromatic rings. The number of carbonyl (C=O) groups is 1. The van der Waals surface area contributed by atoms with Crippen LogP contribution in [0.2, 0.25) is 0 Å². The van der Waals surface area contributed by atoms with Gasteiger partial charge in [-0.3, -0.25) is 4.79 Å². The SMILES string of the molecule is O=C(Cc1ccccc1)NC(O)c1ccccc1. The summed E-state index contributed by atoms with van der Waals surface area (Å²) in [6.45, 7) is 0. The van der Waals surface area contributed by atoms with Gasteiger partial charge in [0.05, 0.1) is 6.42 Å². The number of benzene rings is 2. The number of nitrogens with one attached hydrogen (secondary N) is 1. The van der Waals surface area contributed by atoms with E-state index in [1.807, 2.05) is 48.5 Å². The summed E-state index contributed by atoms with van der Waals surface area (Å²) in [5.41, 5.74) is 1.61. The van der Waals surface area contributed by atoms with Gasteiger partial charge in [0.15, 0.2) is 6.23 Å². The molecular weight excluding hydrogens is 226 g/mol. The Balaban J connectivity index is 1.92. The Bertz CT molecular complexity index is 496. The van der Waals surface area contributed by atoms with E-state index in [0.717, 1.165) is 5.56 Å². The second-order valence-corrected chi connectivity index (χ2v) is 4.04. The van der Waals surface area contributed by atoms with Gasteiger partial charge in [0.1, 0.15) is 0 Å². The van der Waals surface area contributed by atoms with Crippen LogP contribution in [0.1, 0.15) is 17.4 Å². The van der Waals surface area contributed by atoms with Gasteiger partial charge in [-0.05, 0) is 5.56 Å². The topological polar surface area (TPSA) is 49.3 Å². The number of hydrogen-bond acceptors (Lipinski definition) is 2. The van der Waals surface area contributed by atoms with Gasteiger partial charge in [-0.25, -0.2) is 0 Å². The summed E-state index contributed by atoms with van der Waals surface area (Å²) >= 11 is 0. The smallest absolute Gasteiger partial charge is 0.226 e. The maximum atomic E-state index is 11.7. The molecule has 1 amide bonds. The number of rotatable bonds is 4. The third-order valence-electron chi connectivity index (χ3n) is 2.62. The van der Waals surface area contributed by atoms with Crippen LogP contribution in [-0.2, 0) is 11.2 Å². The van der Waals surface area contributed by atoms with E-state index in [4.69, 9.17) is 0 Å². The van der Waals surface area contributed by atoms with Crippen molar-refractivity contribution >= 4 is 5.91 Å². The minimum absolute atomic E-state index is 0.197. The fraction of sp³-hybridized carbons (Fsp3) is 0.133. The van der Waals surface area contributed by atoms with E-state index < -0.39 is 6.23 Å². The summed E-state index contributed by atoms with van der Waals surface area (Å²) in [6, 6.07) is 18.5. The summed E-state index contributed by atoms with van der Waals surface area (Å²) in [6.07, 6.45) is -0.688. The van der Waals surface area contributed by atoms with Crippen LogP contribution in [0.5, 0.6) is 0 Å². The zero-order valence-corrected chi connectivity index (χ0v) is 9.91. The first kappa shape index (κ1) is 12.3. The van der Waals surface area contributed by atoms with Gasteiger partial charge in [-0.1, -0.05) is 60.7 Å². The minimum atomic E-state index is -0.956. The highest BCUT2D eigenvalue weighted by Crippen LogP contribution is 2.09. The lowest BCUT2D eigenvalue weighted by Crippen LogP contribution is -2.29. The van der Waals surface area contributed by atoms with Crippen molar-refractivity contribution in [1.82, 2.24) is 5.32 Å². The molecule has 0 aliphatic carbocycles. The van der Waals surface area contributed by atoms with Crippen LogP contribution in [-0.4, -0.2) is 11.0 Å². The molecule has 0 bridgehead atoms. The maximum Gasteiger partial charge on any atom is 0.226 e. The zero-order valence-electron chi connectivity index (χ0n) is 9.91. The molecule has 0 radical (unpaired) electrons. The van der Waals surface area contributed by atoms with Crippen molar-refractivity contribution in [3.8, 4) is 0 Å². The highest BCUT2D eigenvalue weighted by Gasteiger charge is 2.10. The van der Waals surface area contributed by atoms with E-state index in [1.54, 1.807) is 12.1 Å². The molecule has 1 unspecified atom stereocenters. The number of hydrogen-bond donors (Lipinski definition) is 2. The van der Waals surface area contributed by atoms with E-state index >= 15 is 0 Å². The van der Waals surface area contributed by atoms with Crippen molar-refractivity contribution in [3.05, 3.63) is 71.8 Å². The van der Waals surface area contributed by atoms with Crippen LogP contribution < -0.4 is 5.32 Å². The van der Waals surface area contributed by atoms with Crippen LogP contribution in [0.3, 0.4) is 0 Å². The molecule has 2 N–H and O–H groups in total. The lowest BCUT2D eigenvalue weighted by Gasteiger charge is -2.13. The molecule has 0 spiro atoms. The highest BCUT2D eigenvalue weighted by atomic mass is 16.3. The summed E-state index contributed by atoms with van der Waals surface area (Å²) in [4.78, 5) is 11.7. The first-order chi connectivity index (χ1) is 8.75. The van der Waals surface area contributed by atoms with E-state index in [1.165, 1.54) is 0 Å². The maximum absolute atomic E-state index is 11.7. The van der Waals surface area contributed by atoms with E-state index in [9.17, 15) is 9.90 Å². The molecule has 92 valence electrons. The molecule has 0 fully saturated rings. The quantitative estimate of drug-likeness (QED) is 0.805. The minimum Gasteiger partial charge on any atom is -0.369 e. The lowest BCUT2D eigenvalue weighted by molar-refractivity contribution is -0.123. The van der Waals surface area contributed by atoms with Gasteiger partial charge in [0.25, 0.3) is 0 Å². The molecule has 2 rings (SSSR count). The third kappa shape index (κ3) is 3.43. The first-order valence-electron chi connectivity index (χ1n) is 5.82. The van der Waals surface area contributed by atoms with Crippen LogP contribution in [0.25, 0.3) is 0 Å². The Hall–Kier alpha value is -2.13. The van der Waals surface area contributed by atoms with Crippen molar-refractivity contribution < 1.29 is 9.90 Å². The molecule has 18 heavy (non-hydrogen) atoms. The normalized spacial score (nSPS) is 11.8. The van der Waals surface area contributed by atoms with Crippen molar-refractivity contribution in [2.45, 2.75) is 12.6 Å². The van der Waals surface area contributed by atoms with Gasteiger partial charge < -0.3 is 10.4 Å². The van der Waals surface area contributed by atoms with Gasteiger partial charge >= 0.3 is 0 Å². The first-order valence-corrected chi connectivity index (χ1v) is 5.82. The molecule has 0 aromatic heterocycles. The van der Waals surface area contributed by atoms with Crippen molar-refractivity contribution in [1.29, 1.82) is 0 Å². The van der Waals surface area contributed by atoms with Crippen LogP contribution in [0.15, 0.2) is 60.7 Å². The van der Waals surface area contributed by atoms with E-state index in [2.05, 4.69) is 5.32 Å². The number of aliphatic hydroxyl groups is 1. The average molecular weight is 241 g/mol. The number of carbonyl (C=O) groups excluding carboxylic acids is 1. The van der Waals surface area contributed by atoms with Crippen molar-refractivity contribution in [3.63, 3.8) is 0 Å². The monoisotopic (exact) mass is 241 g/mol. The van der Waals surface area contributed by atoms with Crippen molar-refractivity contribution in [2.24, 2.45) is 0 Å². The largest absolute Gasteiger partial charge is 0.369 e. The molecule has 0 aliphatic rings. The molecule has 0 heterocycles. The molecular formula is C15H15NO2. The standard InChI is InChI=1S/C15H15NO2/c17-14(11-12-7-3-1-4-8-12)16-15(18)13-9-5-2-6-10-13/h1-10,15,18H,11H2,(H,16,17). The Morgan fingerprint density at radius 2 is 1.56 bits per heavy atom. The summed E-state index contributed by atoms with van der Waals surface area (Å²) < 4.78 is 0. The highest BCUT2D eigenvalue weighted by molar-refractivity contribution is 5.78.